The Hall–Kier alpha value is -3.37. The normalized spacial score (nSPS) is 19.2. The van der Waals surface area contributed by atoms with Gasteiger partial charge in [-0.15, -0.1) is 0 Å². The molecule has 3 aromatic heterocycles. The van der Waals surface area contributed by atoms with E-state index in [1.54, 1.807) is 12.1 Å². The molecule has 164 valence electrons. The van der Waals surface area contributed by atoms with Crippen molar-refractivity contribution in [3.8, 4) is 6.01 Å². The number of carbonyl (C=O) groups excluding carboxylic acids is 1. The molecule has 1 aliphatic carbocycles. The molecule has 0 atom stereocenters. The van der Waals surface area contributed by atoms with Gasteiger partial charge in [-0.3, -0.25) is 9.20 Å². The van der Waals surface area contributed by atoms with E-state index < -0.39 is 11.9 Å². The maximum atomic E-state index is 13.0. The van der Waals surface area contributed by atoms with Gasteiger partial charge in [0, 0.05) is 30.7 Å². The van der Waals surface area contributed by atoms with Crippen molar-refractivity contribution in [2.24, 2.45) is 0 Å². The number of carbonyl (C=O) groups is 1. The zero-order chi connectivity index (χ0) is 22.0. The van der Waals surface area contributed by atoms with E-state index in [9.17, 15) is 18.0 Å². The molecule has 3 heterocycles. The lowest BCUT2D eigenvalue weighted by Crippen LogP contribution is -2.40. The number of hydrogen-bond donors (Lipinski definition) is 2. The predicted molar refractivity (Wildman–Crippen MR) is 106 cm³/mol. The highest BCUT2D eigenvalue weighted by molar-refractivity contribution is 5.93. The van der Waals surface area contributed by atoms with Gasteiger partial charge in [0.05, 0.1) is 12.7 Å². The molecule has 1 amide bonds. The van der Waals surface area contributed by atoms with Crippen molar-refractivity contribution in [2.45, 2.75) is 43.9 Å². The Morgan fingerprint density at radius 1 is 1.13 bits per heavy atom. The summed E-state index contributed by atoms with van der Waals surface area (Å²) in [4.78, 5) is 23.9. The van der Waals surface area contributed by atoms with Crippen molar-refractivity contribution in [1.82, 2.24) is 24.7 Å². The molecule has 0 radical (unpaired) electrons. The number of amides is 1. The molecule has 3 aromatic rings. The number of aromatic nitrogens is 4. The lowest BCUT2D eigenvalue weighted by Gasteiger charge is -2.30. The van der Waals surface area contributed by atoms with E-state index in [1.807, 2.05) is 0 Å². The smallest absolute Gasteiger partial charge is 0.434 e. The minimum absolute atomic E-state index is 0.00789. The number of alkyl halides is 3. The van der Waals surface area contributed by atoms with Gasteiger partial charge in [-0.1, -0.05) is 6.07 Å². The van der Waals surface area contributed by atoms with Crippen LogP contribution in [0.5, 0.6) is 6.01 Å². The quantitative estimate of drug-likeness (QED) is 0.640. The Bertz CT molecular complexity index is 1060. The number of halogens is 3. The van der Waals surface area contributed by atoms with Crippen LogP contribution in [-0.4, -0.2) is 44.5 Å². The second-order valence-electron chi connectivity index (χ2n) is 7.39. The van der Waals surface area contributed by atoms with E-state index in [0.29, 0.717) is 11.4 Å². The topological polar surface area (TPSA) is 93.4 Å². The fourth-order valence-corrected chi connectivity index (χ4v) is 3.66. The first-order valence-corrected chi connectivity index (χ1v) is 9.82. The molecule has 2 N–H and O–H groups in total. The monoisotopic (exact) mass is 434 g/mol. The van der Waals surface area contributed by atoms with Crippen molar-refractivity contribution in [2.75, 3.05) is 12.4 Å². The van der Waals surface area contributed by atoms with E-state index in [4.69, 9.17) is 4.74 Å². The lowest BCUT2D eigenvalue weighted by atomic mass is 9.91. The summed E-state index contributed by atoms with van der Waals surface area (Å²) >= 11 is 0. The fourth-order valence-electron chi connectivity index (χ4n) is 3.66. The molecule has 1 aliphatic rings. The van der Waals surface area contributed by atoms with Gasteiger partial charge in [0.1, 0.15) is 11.5 Å². The lowest BCUT2D eigenvalue weighted by molar-refractivity contribution is -0.140. The molecule has 8 nitrogen and oxygen atoms in total. The van der Waals surface area contributed by atoms with Crippen molar-refractivity contribution in [3.05, 3.63) is 48.0 Å². The number of hydrogen-bond acceptors (Lipinski definition) is 6. The number of nitrogens with one attached hydrogen (secondary N) is 2. The first-order chi connectivity index (χ1) is 14.8. The summed E-state index contributed by atoms with van der Waals surface area (Å²) in [6.07, 6.45) is 2.35. The molecule has 1 saturated carbocycles. The Balaban J connectivity index is 1.35. The molecule has 4 rings (SSSR count). The third kappa shape index (κ3) is 4.70. The van der Waals surface area contributed by atoms with E-state index >= 15 is 0 Å². The summed E-state index contributed by atoms with van der Waals surface area (Å²) in [6, 6.07) is 5.22. The van der Waals surface area contributed by atoms with Crippen molar-refractivity contribution < 1.29 is 22.7 Å². The Morgan fingerprint density at radius 2 is 1.81 bits per heavy atom. The molecule has 0 saturated heterocycles. The number of anilines is 1. The first-order valence-electron chi connectivity index (χ1n) is 9.82. The van der Waals surface area contributed by atoms with Crippen LogP contribution in [0, 0.1) is 0 Å². The van der Waals surface area contributed by atoms with Crippen LogP contribution < -0.4 is 15.4 Å². The Morgan fingerprint density at radius 3 is 2.45 bits per heavy atom. The number of rotatable bonds is 5. The summed E-state index contributed by atoms with van der Waals surface area (Å²) < 4.78 is 45.2. The van der Waals surface area contributed by atoms with Crippen LogP contribution in [0.2, 0.25) is 0 Å². The standard InChI is InChI=1S/C20H21F3N6O2/c1-31-19-24-9-12(10-25-19)18(30)27-14-7-5-13(6-8-14)26-16-3-2-4-17-28-15(11-29(16)17)20(21,22)23/h2-4,9-11,13-14,26H,5-8H2,1H3,(H,27,30). The van der Waals surface area contributed by atoms with Gasteiger partial charge in [-0.05, 0) is 37.8 Å². The number of methoxy groups -OCH3 is 1. The number of fused-ring (bicyclic) bond motifs is 1. The summed E-state index contributed by atoms with van der Waals surface area (Å²) in [5.74, 6) is 0.310. The van der Waals surface area contributed by atoms with Gasteiger partial charge in [-0.2, -0.15) is 13.2 Å². The van der Waals surface area contributed by atoms with Crippen LogP contribution in [-0.2, 0) is 6.18 Å². The van der Waals surface area contributed by atoms with Crippen molar-refractivity contribution >= 4 is 17.4 Å². The molecule has 31 heavy (non-hydrogen) atoms. The zero-order valence-electron chi connectivity index (χ0n) is 16.7. The van der Waals surface area contributed by atoms with Crippen LogP contribution in [0.4, 0.5) is 19.0 Å². The third-order valence-corrected chi connectivity index (χ3v) is 5.27. The van der Waals surface area contributed by atoms with Gasteiger partial charge in [-0.25, -0.2) is 15.0 Å². The highest BCUT2D eigenvalue weighted by atomic mass is 19.4. The average Bonchev–Trinajstić information content (AvgIpc) is 3.21. The molecule has 0 bridgehead atoms. The van der Waals surface area contributed by atoms with Crippen LogP contribution in [0.15, 0.2) is 36.8 Å². The summed E-state index contributed by atoms with van der Waals surface area (Å²) in [6.45, 7) is 0. The minimum atomic E-state index is -4.49. The van der Waals surface area contributed by atoms with Crippen molar-refractivity contribution in [3.63, 3.8) is 0 Å². The molecular weight excluding hydrogens is 413 g/mol. The summed E-state index contributed by atoms with van der Waals surface area (Å²) in [5, 5.41) is 6.29. The highest BCUT2D eigenvalue weighted by Crippen LogP contribution is 2.30. The number of ether oxygens (including phenoxy) is 1. The largest absolute Gasteiger partial charge is 0.467 e. The summed E-state index contributed by atoms with van der Waals surface area (Å²) in [7, 11) is 1.45. The molecule has 0 spiro atoms. The molecule has 0 unspecified atom stereocenters. The van der Waals surface area contributed by atoms with Crippen LogP contribution in [0.3, 0.4) is 0 Å². The average molecular weight is 434 g/mol. The third-order valence-electron chi connectivity index (χ3n) is 5.27. The second-order valence-corrected chi connectivity index (χ2v) is 7.39. The molecule has 11 heteroatoms. The van der Waals surface area contributed by atoms with E-state index in [-0.39, 0.29) is 29.6 Å². The number of imidazole rings is 1. The van der Waals surface area contributed by atoms with E-state index in [1.165, 1.54) is 30.0 Å². The first kappa shape index (κ1) is 20.9. The maximum absolute atomic E-state index is 13.0. The van der Waals surface area contributed by atoms with Crippen LogP contribution >= 0.6 is 0 Å². The van der Waals surface area contributed by atoms with Crippen LogP contribution in [0.25, 0.3) is 5.65 Å². The van der Waals surface area contributed by atoms with E-state index in [0.717, 1.165) is 31.9 Å². The van der Waals surface area contributed by atoms with E-state index in [2.05, 4.69) is 25.6 Å². The van der Waals surface area contributed by atoms with Gasteiger partial charge >= 0.3 is 12.2 Å². The van der Waals surface area contributed by atoms with Gasteiger partial charge in [0.15, 0.2) is 5.69 Å². The molecule has 0 aliphatic heterocycles. The summed E-state index contributed by atoms with van der Waals surface area (Å²) in [5.41, 5.74) is -0.330. The Kier molecular flexibility index (Phi) is 5.66. The Labute approximate surface area is 175 Å². The van der Waals surface area contributed by atoms with Gasteiger partial charge in [0.25, 0.3) is 5.91 Å². The fraction of sp³-hybridized carbons (Fsp3) is 0.400. The maximum Gasteiger partial charge on any atom is 0.434 e. The molecule has 0 aromatic carbocycles. The van der Waals surface area contributed by atoms with Gasteiger partial charge in [0.2, 0.25) is 0 Å². The minimum Gasteiger partial charge on any atom is -0.467 e. The van der Waals surface area contributed by atoms with Gasteiger partial charge < -0.3 is 15.4 Å². The molecule has 1 fully saturated rings. The number of nitrogens with zero attached hydrogens (tertiary/aromatic N) is 4. The second kappa shape index (κ2) is 8.40. The SMILES string of the molecule is COc1ncc(C(=O)NC2CCC(Nc3cccc4nc(C(F)(F)F)cn34)CC2)cn1. The predicted octanol–water partition coefficient (Wildman–Crippen LogP) is 3.30. The number of pyridine rings is 1. The highest BCUT2D eigenvalue weighted by Gasteiger charge is 2.34. The zero-order valence-corrected chi connectivity index (χ0v) is 16.7. The van der Waals surface area contributed by atoms with Crippen molar-refractivity contribution in [1.29, 1.82) is 0 Å². The molecular formula is C20H21F3N6O2. The van der Waals surface area contributed by atoms with Crippen LogP contribution in [0.1, 0.15) is 41.7 Å².